The molecular formula is C18H20N2O2. The fourth-order valence-electron chi connectivity index (χ4n) is 2.77. The fraction of sp³-hybridized carbons (Fsp3) is 0.278. The summed E-state index contributed by atoms with van der Waals surface area (Å²) in [7, 11) is 0. The van der Waals surface area contributed by atoms with Crippen LogP contribution in [0.1, 0.15) is 22.3 Å². The van der Waals surface area contributed by atoms with Crippen molar-refractivity contribution < 1.29 is 9.53 Å². The van der Waals surface area contributed by atoms with Gasteiger partial charge in [0.25, 0.3) is 5.91 Å². The molecule has 1 aliphatic rings. The molecule has 2 aromatic carbocycles. The van der Waals surface area contributed by atoms with Gasteiger partial charge in [-0.05, 0) is 48.7 Å². The molecule has 0 atom stereocenters. The third-order valence-electron chi connectivity index (χ3n) is 3.84. The fourth-order valence-corrected chi connectivity index (χ4v) is 2.77. The zero-order valence-corrected chi connectivity index (χ0v) is 12.5. The summed E-state index contributed by atoms with van der Waals surface area (Å²) in [6, 6.07) is 15.4. The highest BCUT2D eigenvalue weighted by Gasteiger charge is 2.23. The van der Waals surface area contributed by atoms with Crippen molar-refractivity contribution in [2.75, 3.05) is 24.6 Å². The number of nitrogens with zero attached hydrogens (tertiary/aromatic N) is 1. The Hall–Kier alpha value is -2.33. The van der Waals surface area contributed by atoms with Crippen LogP contribution in [0.4, 0.5) is 5.69 Å². The lowest BCUT2D eigenvalue weighted by Crippen LogP contribution is -2.35. The van der Waals surface area contributed by atoms with Gasteiger partial charge in [-0.25, -0.2) is 0 Å². The zero-order chi connectivity index (χ0) is 15.4. The lowest BCUT2D eigenvalue weighted by atomic mass is 10.0. The number of benzene rings is 2. The van der Waals surface area contributed by atoms with Crippen molar-refractivity contribution >= 4 is 11.6 Å². The van der Waals surface area contributed by atoms with Crippen molar-refractivity contribution in [3.05, 3.63) is 59.7 Å². The molecule has 0 fully saturated rings. The van der Waals surface area contributed by atoms with E-state index in [2.05, 4.69) is 6.07 Å². The Bertz CT molecular complexity index is 652. The Balaban J connectivity index is 1.80. The van der Waals surface area contributed by atoms with Gasteiger partial charge >= 0.3 is 0 Å². The molecule has 0 bridgehead atoms. The van der Waals surface area contributed by atoms with E-state index in [9.17, 15) is 4.79 Å². The maximum absolute atomic E-state index is 12.8. The molecule has 4 nitrogen and oxygen atoms in total. The molecule has 114 valence electrons. The van der Waals surface area contributed by atoms with Gasteiger partial charge in [0.1, 0.15) is 12.4 Å². The van der Waals surface area contributed by atoms with Crippen LogP contribution in [0.15, 0.2) is 48.5 Å². The first-order valence-electron chi connectivity index (χ1n) is 7.62. The second-order valence-corrected chi connectivity index (χ2v) is 5.35. The van der Waals surface area contributed by atoms with Crippen LogP contribution < -0.4 is 15.4 Å². The molecule has 0 saturated heterocycles. The van der Waals surface area contributed by atoms with Gasteiger partial charge in [0.2, 0.25) is 0 Å². The molecule has 1 amide bonds. The minimum Gasteiger partial charge on any atom is -0.492 e. The smallest absolute Gasteiger partial charge is 0.258 e. The number of carbonyl (C=O) groups excluding carboxylic acids is 1. The maximum Gasteiger partial charge on any atom is 0.258 e. The van der Waals surface area contributed by atoms with Gasteiger partial charge in [-0.2, -0.15) is 0 Å². The number of fused-ring (bicyclic) bond motifs is 1. The van der Waals surface area contributed by atoms with E-state index >= 15 is 0 Å². The average Bonchev–Trinajstić information content (AvgIpc) is 2.59. The second kappa shape index (κ2) is 6.62. The predicted molar refractivity (Wildman–Crippen MR) is 87.4 cm³/mol. The zero-order valence-electron chi connectivity index (χ0n) is 12.5. The molecule has 2 aromatic rings. The lowest BCUT2D eigenvalue weighted by Gasteiger charge is -2.29. The molecule has 2 N–H and O–H groups in total. The van der Waals surface area contributed by atoms with Crippen molar-refractivity contribution in [1.29, 1.82) is 0 Å². The van der Waals surface area contributed by atoms with Gasteiger partial charge in [0, 0.05) is 24.3 Å². The van der Waals surface area contributed by atoms with Gasteiger partial charge in [0.05, 0.1) is 0 Å². The molecule has 0 saturated carbocycles. The summed E-state index contributed by atoms with van der Waals surface area (Å²) in [6.45, 7) is 1.72. The number of rotatable bonds is 4. The lowest BCUT2D eigenvalue weighted by molar-refractivity contribution is 0.0985. The molecule has 0 unspecified atom stereocenters. The summed E-state index contributed by atoms with van der Waals surface area (Å²) in [5.41, 5.74) is 8.36. The third kappa shape index (κ3) is 2.97. The van der Waals surface area contributed by atoms with Crippen LogP contribution in [0.25, 0.3) is 0 Å². The topological polar surface area (TPSA) is 55.6 Å². The number of amides is 1. The second-order valence-electron chi connectivity index (χ2n) is 5.35. The van der Waals surface area contributed by atoms with Gasteiger partial charge < -0.3 is 15.4 Å². The van der Waals surface area contributed by atoms with E-state index in [0.29, 0.717) is 18.7 Å². The summed E-state index contributed by atoms with van der Waals surface area (Å²) < 4.78 is 5.44. The minimum atomic E-state index is 0.0394. The van der Waals surface area contributed by atoms with Gasteiger partial charge in [-0.1, -0.05) is 18.2 Å². The van der Waals surface area contributed by atoms with E-state index in [-0.39, 0.29) is 5.91 Å². The van der Waals surface area contributed by atoms with E-state index < -0.39 is 0 Å². The Morgan fingerprint density at radius 3 is 2.68 bits per heavy atom. The monoisotopic (exact) mass is 296 g/mol. The summed E-state index contributed by atoms with van der Waals surface area (Å²) >= 11 is 0. The number of hydrogen-bond acceptors (Lipinski definition) is 3. The molecule has 0 aromatic heterocycles. The molecule has 1 heterocycles. The normalized spacial score (nSPS) is 13.6. The standard InChI is InChI=1S/C18H20N2O2/c19-11-13-22-16-9-7-15(8-10-16)18(21)20-12-3-5-14-4-1-2-6-17(14)20/h1-2,4,6-10H,3,5,11-13,19H2. The predicted octanol–water partition coefficient (Wildman–Crippen LogP) is 2.62. The van der Waals surface area contributed by atoms with Crippen molar-refractivity contribution in [2.24, 2.45) is 5.73 Å². The molecule has 4 heteroatoms. The van der Waals surface area contributed by atoms with Gasteiger partial charge in [-0.15, -0.1) is 0 Å². The third-order valence-corrected chi connectivity index (χ3v) is 3.84. The number of nitrogens with two attached hydrogens (primary N) is 1. The number of aryl methyl sites for hydroxylation is 1. The van der Waals surface area contributed by atoms with Crippen LogP contribution in [0, 0.1) is 0 Å². The summed E-state index contributed by atoms with van der Waals surface area (Å²) in [4.78, 5) is 14.6. The van der Waals surface area contributed by atoms with E-state index in [0.717, 1.165) is 30.8 Å². The van der Waals surface area contributed by atoms with Crippen molar-refractivity contribution in [3.63, 3.8) is 0 Å². The highest BCUT2D eigenvalue weighted by Crippen LogP contribution is 2.28. The molecule has 0 radical (unpaired) electrons. The first-order valence-corrected chi connectivity index (χ1v) is 7.62. The SMILES string of the molecule is NCCOc1ccc(C(=O)N2CCCc3ccccc32)cc1. The van der Waals surface area contributed by atoms with Gasteiger partial charge in [-0.3, -0.25) is 4.79 Å². The number of ether oxygens (including phenoxy) is 1. The number of carbonyl (C=O) groups is 1. The molecular weight excluding hydrogens is 276 g/mol. The minimum absolute atomic E-state index is 0.0394. The highest BCUT2D eigenvalue weighted by molar-refractivity contribution is 6.06. The Labute approximate surface area is 130 Å². The van der Waals surface area contributed by atoms with Crippen LogP contribution in [-0.4, -0.2) is 25.6 Å². The number of hydrogen-bond donors (Lipinski definition) is 1. The van der Waals surface area contributed by atoms with E-state index in [1.54, 1.807) is 0 Å². The van der Waals surface area contributed by atoms with E-state index in [4.69, 9.17) is 10.5 Å². The summed E-state index contributed by atoms with van der Waals surface area (Å²) in [5, 5.41) is 0. The van der Waals surface area contributed by atoms with Crippen LogP contribution in [0.2, 0.25) is 0 Å². The summed E-state index contributed by atoms with van der Waals surface area (Å²) in [5.74, 6) is 0.776. The van der Waals surface area contributed by atoms with Crippen molar-refractivity contribution in [2.45, 2.75) is 12.8 Å². The van der Waals surface area contributed by atoms with Crippen LogP contribution in [0.3, 0.4) is 0 Å². The quantitative estimate of drug-likeness (QED) is 0.943. The van der Waals surface area contributed by atoms with Crippen LogP contribution >= 0.6 is 0 Å². The molecule has 3 rings (SSSR count). The largest absolute Gasteiger partial charge is 0.492 e. The molecule has 22 heavy (non-hydrogen) atoms. The molecule has 0 aliphatic carbocycles. The van der Waals surface area contributed by atoms with E-state index in [1.807, 2.05) is 47.4 Å². The summed E-state index contributed by atoms with van der Waals surface area (Å²) in [6.07, 6.45) is 2.03. The molecule has 1 aliphatic heterocycles. The van der Waals surface area contributed by atoms with Gasteiger partial charge in [0.15, 0.2) is 0 Å². The van der Waals surface area contributed by atoms with Crippen LogP contribution in [0.5, 0.6) is 5.75 Å². The van der Waals surface area contributed by atoms with Crippen LogP contribution in [-0.2, 0) is 6.42 Å². The van der Waals surface area contributed by atoms with Crippen molar-refractivity contribution in [1.82, 2.24) is 0 Å². The Morgan fingerprint density at radius 2 is 1.91 bits per heavy atom. The number of para-hydroxylation sites is 1. The maximum atomic E-state index is 12.8. The van der Waals surface area contributed by atoms with E-state index in [1.165, 1.54) is 5.56 Å². The Kier molecular flexibility index (Phi) is 4.39. The highest BCUT2D eigenvalue weighted by atomic mass is 16.5. The average molecular weight is 296 g/mol. The first-order chi connectivity index (χ1) is 10.8. The number of anilines is 1. The molecule has 0 spiro atoms. The first kappa shape index (κ1) is 14.6. The Morgan fingerprint density at radius 1 is 1.14 bits per heavy atom. The van der Waals surface area contributed by atoms with Crippen molar-refractivity contribution in [3.8, 4) is 5.75 Å².